The molecule has 1 rings (SSSR count). The summed E-state index contributed by atoms with van der Waals surface area (Å²) in [6.07, 6.45) is 4.32. The first-order chi connectivity index (χ1) is 10.2. The van der Waals surface area contributed by atoms with E-state index in [4.69, 9.17) is 4.74 Å². The lowest BCUT2D eigenvalue weighted by molar-refractivity contribution is -0.121. The molecule has 4 nitrogen and oxygen atoms in total. The molecule has 114 valence electrons. The standard InChI is InChI=1S/C17H24N2O2/c1-4-12-19(13-5-2)14-17(20)18-11-10-15-8-6-7-9-16(15)21-3/h4-9H,1-2,10-14H2,3H3,(H,18,20). The zero-order chi connectivity index (χ0) is 15.5. The maximum atomic E-state index is 11.9. The van der Waals surface area contributed by atoms with E-state index >= 15 is 0 Å². The first-order valence-corrected chi connectivity index (χ1v) is 7.04. The molecule has 0 aromatic heterocycles. The average molecular weight is 288 g/mol. The van der Waals surface area contributed by atoms with Crippen molar-refractivity contribution in [1.82, 2.24) is 10.2 Å². The van der Waals surface area contributed by atoms with E-state index in [1.54, 1.807) is 19.3 Å². The quantitative estimate of drug-likeness (QED) is 0.670. The van der Waals surface area contributed by atoms with E-state index in [2.05, 4.69) is 18.5 Å². The summed E-state index contributed by atoms with van der Waals surface area (Å²) in [5.74, 6) is 0.861. The van der Waals surface area contributed by atoms with E-state index in [0.717, 1.165) is 17.7 Å². The molecule has 0 unspecified atom stereocenters. The van der Waals surface area contributed by atoms with Crippen LogP contribution in [0.15, 0.2) is 49.6 Å². The minimum atomic E-state index is 0.00796. The number of amides is 1. The minimum absolute atomic E-state index is 0.00796. The number of ether oxygens (including phenoxy) is 1. The van der Waals surface area contributed by atoms with Crippen molar-refractivity contribution in [2.24, 2.45) is 0 Å². The molecule has 1 aromatic rings. The molecule has 0 saturated heterocycles. The lowest BCUT2D eigenvalue weighted by Gasteiger charge is -2.18. The largest absolute Gasteiger partial charge is 0.496 e. The fourth-order valence-corrected chi connectivity index (χ4v) is 2.07. The van der Waals surface area contributed by atoms with Crippen LogP contribution in [0.25, 0.3) is 0 Å². The van der Waals surface area contributed by atoms with Crippen molar-refractivity contribution in [3.05, 3.63) is 55.1 Å². The molecule has 0 saturated carbocycles. The zero-order valence-corrected chi connectivity index (χ0v) is 12.7. The number of nitrogens with one attached hydrogen (secondary N) is 1. The SMILES string of the molecule is C=CCN(CC=C)CC(=O)NCCc1ccccc1OC. The number of rotatable bonds is 10. The van der Waals surface area contributed by atoms with Crippen molar-refractivity contribution in [2.75, 3.05) is 33.3 Å². The lowest BCUT2D eigenvalue weighted by Crippen LogP contribution is -2.38. The summed E-state index contributed by atoms with van der Waals surface area (Å²) >= 11 is 0. The molecule has 1 aromatic carbocycles. The number of nitrogens with zero attached hydrogens (tertiary/aromatic N) is 1. The van der Waals surface area contributed by atoms with Crippen molar-refractivity contribution < 1.29 is 9.53 Å². The van der Waals surface area contributed by atoms with Gasteiger partial charge in [0.15, 0.2) is 0 Å². The van der Waals surface area contributed by atoms with Gasteiger partial charge in [-0.3, -0.25) is 9.69 Å². The number of hydrogen-bond acceptors (Lipinski definition) is 3. The van der Waals surface area contributed by atoms with Crippen molar-refractivity contribution in [2.45, 2.75) is 6.42 Å². The summed E-state index contributed by atoms with van der Waals surface area (Å²) in [6, 6.07) is 7.83. The molecule has 0 bridgehead atoms. The van der Waals surface area contributed by atoms with E-state index in [0.29, 0.717) is 26.2 Å². The Morgan fingerprint density at radius 1 is 1.29 bits per heavy atom. The molecular formula is C17H24N2O2. The summed E-state index contributed by atoms with van der Waals surface area (Å²) in [4.78, 5) is 13.9. The van der Waals surface area contributed by atoms with Gasteiger partial charge in [0.05, 0.1) is 13.7 Å². The number of para-hydroxylation sites is 1. The highest BCUT2D eigenvalue weighted by atomic mass is 16.5. The predicted molar refractivity (Wildman–Crippen MR) is 86.5 cm³/mol. The van der Waals surface area contributed by atoms with Crippen LogP contribution in [-0.4, -0.2) is 44.1 Å². The molecular weight excluding hydrogens is 264 g/mol. The normalized spacial score (nSPS) is 10.2. The highest BCUT2D eigenvalue weighted by Gasteiger charge is 2.08. The van der Waals surface area contributed by atoms with Gasteiger partial charge in [-0.2, -0.15) is 0 Å². The molecule has 0 radical (unpaired) electrons. The van der Waals surface area contributed by atoms with Crippen LogP contribution in [0.5, 0.6) is 5.75 Å². The van der Waals surface area contributed by atoms with Crippen LogP contribution in [0, 0.1) is 0 Å². The van der Waals surface area contributed by atoms with Crippen LogP contribution in [-0.2, 0) is 11.2 Å². The molecule has 0 fully saturated rings. The van der Waals surface area contributed by atoms with Crippen molar-refractivity contribution in [3.8, 4) is 5.75 Å². The van der Waals surface area contributed by atoms with E-state index in [1.165, 1.54) is 0 Å². The Morgan fingerprint density at radius 3 is 2.57 bits per heavy atom. The smallest absolute Gasteiger partial charge is 0.234 e. The Morgan fingerprint density at radius 2 is 1.95 bits per heavy atom. The molecule has 1 amide bonds. The van der Waals surface area contributed by atoms with Gasteiger partial charge in [-0.25, -0.2) is 0 Å². The first-order valence-electron chi connectivity index (χ1n) is 7.04. The Balaban J connectivity index is 2.38. The number of methoxy groups -OCH3 is 1. The molecule has 0 atom stereocenters. The Kier molecular flexibility index (Phi) is 7.90. The summed E-state index contributed by atoms with van der Waals surface area (Å²) in [6.45, 7) is 9.67. The van der Waals surface area contributed by atoms with Crippen LogP contribution in [0.4, 0.5) is 0 Å². The highest BCUT2D eigenvalue weighted by Crippen LogP contribution is 2.17. The van der Waals surface area contributed by atoms with E-state index in [1.807, 2.05) is 29.2 Å². The van der Waals surface area contributed by atoms with E-state index < -0.39 is 0 Å². The maximum absolute atomic E-state index is 11.9. The summed E-state index contributed by atoms with van der Waals surface area (Å²) < 4.78 is 5.29. The van der Waals surface area contributed by atoms with Gasteiger partial charge in [0.1, 0.15) is 5.75 Å². The van der Waals surface area contributed by atoms with Gasteiger partial charge < -0.3 is 10.1 Å². The van der Waals surface area contributed by atoms with Crippen molar-refractivity contribution in [1.29, 1.82) is 0 Å². The van der Waals surface area contributed by atoms with Gasteiger partial charge in [0.2, 0.25) is 5.91 Å². The predicted octanol–water partition coefficient (Wildman–Crippen LogP) is 2.03. The minimum Gasteiger partial charge on any atom is -0.496 e. The second-order valence-corrected chi connectivity index (χ2v) is 4.68. The zero-order valence-electron chi connectivity index (χ0n) is 12.7. The number of benzene rings is 1. The Labute approximate surface area is 127 Å². The van der Waals surface area contributed by atoms with Crippen molar-refractivity contribution >= 4 is 5.91 Å². The molecule has 21 heavy (non-hydrogen) atoms. The molecule has 0 aliphatic carbocycles. The fourth-order valence-electron chi connectivity index (χ4n) is 2.07. The van der Waals surface area contributed by atoms with Crippen LogP contribution in [0.2, 0.25) is 0 Å². The maximum Gasteiger partial charge on any atom is 0.234 e. The van der Waals surface area contributed by atoms with E-state index in [-0.39, 0.29) is 5.91 Å². The molecule has 1 N–H and O–H groups in total. The third kappa shape index (κ3) is 6.27. The molecule has 0 aliphatic heterocycles. The van der Waals surface area contributed by atoms with Crippen LogP contribution >= 0.6 is 0 Å². The summed E-state index contributed by atoms with van der Waals surface area (Å²) in [5.41, 5.74) is 1.09. The topological polar surface area (TPSA) is 41.6 Å². The second-order valence-electron chi connectivity index (χ2n) is 4.68. The first kappa shape index (κ1) is 17.0. The molecule has 0 heterocycles. The number of carbonyl (C=O) groups excluding carboxylic acids is 1. The van der Waals surface area contributed by atoms with E-state index in [9.17, 15) is 4.79 Å². The number of hydrogen-bond donors (Lipinski definition) is 1. The molecule has 0 aliphatic rings. The summed E-state index contributed by atoms with van der Waals surface area (Å²) in [5, 5.41) is 2.92. The molecule has 4 heteroatoms. The van der Waals surface area contributed by atoms with Gasteiger partial charge in [0, 0.05) is 19.6 Å². The van der Waals surface area contributed by atoms with Crippen LogP contribution < -0.4 is 10.1 Å². The Bertz CT molecular complexity index is 462. The lowest BCUT2D eigenvalue weighted by atomic mass is 10.1. The van der Waals surface area contributed by atoms with Gasteiger partial charge >= 0.3 is 0 Å². The fraction of sp³-hybridized carbons (Fsp3) is 0.353. The average Bonchev–Trinajstić information content (AvgIpc) is 2.48. The third-order valence-corrected chi connectivity index (χ3v) is 3.05. The van der Waals surface area contributed by atoms with Gasteiger partial charge in [-0.05, 0) is 18.1 Å². The van der Waals surface area contributed by atoms with Gasteiger partial charge in [0.25, 0.3) is 0 Å². The van der Waals surface area contributed by atoms with Crippen molar-refractivity contribution in [3.63, 3.8) is 0 Å². The Hall–Kier alpha value is -2.07. The monoisotopic (exact) mass is 288 g/mol. The number of carbonyl (C=O) groups is 1. The van der Waals surface area contributed by atoms with Gasteiger partial charge in [-0.1, -0.05) is 30.4 Å². The third-order valence-electron chi connectivity index (χ3n) is 3.05. The molecule has 0 spiro atoms. The van der Waals surface area contributed by atoms with Crippen LogP contribution in [0.1, 0.15) is 5.56 Å². The second kappa shape index (κ2) is 9.77. The summed E-state index contributed by atoms with van der Waals surface area (Å²) in [7, 11) is 1.65. The van der Waals surface area contributed by atoms with Gasteiger partial charge in [-0.15, -0.1) is 13.2 Å². The highest BCUT2D eigenvalue weighted by molar-refractivity contribution is 5.78. The van der Waals surface area contributed by atoms with Crippen LogP contribution in [0.3, 0.4) is 0 Å².